The zero-order valence-corrected chi connectivity index (χ0v) is 18.1. The van der Waals surface area contributed by atoms with Gasteiger partial charge >= 0.3 is 0 Å². The van der Waals surface area contributed by atoms with Gasteiger partial charge in [-0.1, -0.05) is 12.1 Å². The van der Waals surface area contributed by atoms with Crippen molar-refractivity contribution in [2.24, 2.45) is 0 Å². The number of benzene rings is 1. The smallest absolute Gasteiger partial charge is 0.248 e. The number of nitrogens with zero attached hydrogens (tertiary/aromatic N) is 3. The standard InChI is InChI=1S/C25H24N4O4/c26-12-18-10-16(3-4-23(18)33-19-2-1-9-32-15-19)20-5-7-27-25-21(20)11-22(28-25)17-6-8-29(13-17)24(31)14-30/h3-7,10-11,19,30H,1-2,8-9,13-15H2,(H,27,28). The zero-order valence-electron chi connectivity index (χ0n) is 18.1. The molecule has 0 bridgehead atoms. The van der Waals surface area contributed by atoms with Gasteiger partial charge in [0, 0.05) is 37.0 Å². The second-order valence-corrected chi connectivity index (χ2v) is 8.25. The van der Waals surface area contributed by atoms with E-state index in [2.05, 4.69) is 16.0 Å². The van der Waals surface area contributed by atoms with Gasteiger partial charge in [-0.2, -0.15) is 5.26 Å². The molecule has 33 heavy (non-hydrogen) atoms. The average Bonchev–Trinajstić information content (AvgIpc) is 3.52. The number of rotatable bonds is 5. The molecule has 0 aliphatic carbocycles. The van der Waals surface area contributed by atoms with Crippen LogP contribution in [0.1, 0.15) is 24.1 Å². The largest absolute Gasteiger partial charge is 0.487 e. The molecule has 0 radical (unpaired) electrons. The van der Waals surface area contributed by atoms with Crippen LogP contribution in [0.5, 0.6) is 5.75 Å². The Hall–Kier alpha value is -3.67. The quantitative estimate of drug-likeness (QED) is 0.626. The number of carbonyl (C=O) groups is 1. The number of aliphatic hydroxyl groups excluding tert-OH is 1. The number of fused-ring (bicyclic) bond motifs is 1. The number of nitrogens with one attached hydrogen (secondary N) is 1. The van der Waals surface area contributed by atoms with Crippen molar-refractivity contribution in [3.05, 3.63) is 53.9 Å². The highest BCUT2D eigenvalue weighted by atomic mass is 16.5. The summed E-state index contributed by atoms with van der Waals surface area (Å²) in [6, 6.07) is 11.9. The number of pyridine rings is 1. The van der Waals surface area contributed by atoms with Crippen LogP contribution in [-0.2, 0) is 9.53 Å². The van der Waals surface area contributed by atoms with E-state index in [9.17, 15) is 10.1 Å². The van der Waals surface area contributed by atoms with Crippen molar-refractivity contribution in [2.45, 2.75) is 18.9 Å². The molecule has 1 atom stereocenters. The third-order valence-electron chi connectivity index (χ3n) is 6.11. The van der Waals surface area contributed by atoms with Crippen molar-refractivity contribution in [2.75, 3.05) is 32.9 Å². The van der Waals surface area contributed by atoms with E-state index < -0.39 is 6.61 Å². The second-order valence-electron chi connectivity index (χ2n) is 8.25. The van der Waals surface area contributed by atoms with Gasteiger partial charge in [0.1, 0.15) is 30.2 Å². The van der Waals surface area contributed by atoms with Gasteiger partial charge in [-0.3, -0.25) is 4.79 Å². The van der Waals surface area contributed by atoms with Crippen LogP contribution in [0.15, 0.2) is 42.6 Å². The Labute approximate surface area is 191 Å². The maximum Gasteiger partial charge on any atom is 0.248 e. The molecule has 2 aliphatic heterocycles. The molecule has 1 aromatic carbocycles. The number of aromatic amines is 1. The highest BCUT2D eigenvalue weighted by Gasteiger charge is 2.22. The summed E-state index contributed by atoms with van der Waals surface area (Å²) in [5.74, 6) is 0.281. The van der Waals surface area contributed by atoms with Gasteiger partial charge in [0.25, 0.3) is 0 Å². The Morgan fingerprint density at radius 1 is 1.36 bits per heavy atom. The molecule has 0 saturated carbocycles. The number of carbonyl (C=O) groups excluding carboxylic acids is 1. The number of hydrogen-bond acceptors (Lipinski definition) is 6. The molecule has 2 aliphatic rings. The second kappa shape index (κ2) is 9.06. The lowest BCUT2D eigenvalue weighted by Gasteiger charge is -2.23. The molecule has 8 nitrogen and oxygen atoms in total. The van der Waals surface area contributed by atoms with Crippen LogP contribution >= 0.6 is 0 Å². The maximum atomic E-state index is 11.8. The lowest BCUT2D eigenvalue weighted by molar-refractivity contribution is -0.132. The van der Waals surface area contributed by atoms with Crippen molar-refractivity contribution in [3.63, 3.8) is 0 Å². The average molecular weight is 444 g/mol. The summed E-state index contributed by atoms with van der Waals surface area (Å²) in [5, 5.41) is 19.8. The first kappa shape index (κ1) is 21.2. The van der Waals surface area contributed by atoms with Crippen LogP contribution in [-0.4, -0.2) is 64.9 Å². The van der Waals surface area contributed by atoms with Crippen LogP contribution in [0.4, 0.5) is 0 Å². The number of nitriles is 1. The molecule has 1 amide bonds. The summed E-state index contributed by atoms with van der Waals surface area (Å²) >= 11 is 0. The van der Waals surface area contributed by atoms with Gasteiger partial charge in [-0.15, -0.1) is 0 Å². The monoisotopic (exact) mass is 444 g/mol. The Kier molecular flexibility index (Phi) is 5.82. The first-order valence-electron chi connectivity index (χ1n) is 11.0. The third kappa shape index (κ3) is 4.21. The molecule has 8 heteroatoms. The Balaban J connectivity index is 1.44. The van der Waals surface area contributed by atoms with E-state index in [-0.39, 0.29) is 12.0 Å². The fraction of sp³-hybridized carbons (Fsp3) is 0.320. The summed E-state index contributed by atoms with van der Waals surface area (Å²) in [5.41, 5.74) is 4.93. The highest BCUT2D eigenvalue weighted by molar-refractivity contribution is 5.96. The lowest BCUT2D eigenvalue weighted by Crippen LogP contribution is -2.31. The van der Waals surface area contributed by atoms with Crippen LogP contribution in [0.3, 0.4) is 0 Å². The minimum atomic E-state index is -0.492. The maximum absolute atomic E-state index is 11.8. The van der Waals surface area contributed by atoms with Gasteiger partial charge in [0.15, 0.2) is 0 Å². The number of aromatic nitrogens is 2. The van der Waals surface area contributed by atoms with E-state index >= 15 is 0 Å². The van der Waals surface area contributed by atoms with E-state index in [0.29, 0.717) is 31.0 Å². The predicted octanol–water partition coefficient (Wildman–Crippen LogP) is 2.88. The van der Waals surface area contributed by atoms with E-state index in [1.165, 1.54) is 0 Å². The number of amides is 1. The first-order valence-corrected chi connectivity index (χ1v) is 11.0. The summed E-state index contributed by atoms with van der Waals surface area (Å²) in [6.07, 6.45) is 5.55. The molecule has 2 aromatic heterocycles. The lowest BCUT2D eigenvalue weighted by atomic mass is 10.0. The van der Waals surface area contributed by atoms with Gasteiger partial charge in [0.05, 0.1) is 12.2 Å². The van der Waals surface area contributed by atoms with Crippen LogP contribution < -0.4 is 4.74 Å². The highest BCUT2D eigenvalue weighted by Crippen LogP contribution is 2.34. The fourth-order valence-corrected chi connectivity index (χ4v) is 4.36. The van der Waals surface area contributed by atoms with Crippen LogP contribution in [0, 0.1) is 11.3 Å². The van der Waals surface area contributed by atoms with Gasteiger partial charge < -0.3 is 24.5 Å². The van der Waals surface area contributed by atoms with Crippen molar-refractivity contribution in [1.82, 2.24) is 14.9 Å². The van der Waals surface area contributed by atoms with Crippen molar-refractivity contribution in [3.8, 4) is 22.9 Å². The summed E-state index contributed by atoms with van der Waals surface area (Å²) in [6.45, 7) is 1.73. The number of ether oxygens (including phenoxy) is 2. The minimum Gasteiger partial charge on any atom is -0.487 e. The van der Waals surface area contributed by atoms with Crippen molar-refractivity contribution < 1.29 is 19.4 Å². The summed E-state index contributed by atoms with van der Waals surface area (Å²) in [4.78, 5) is 21.2. The number of aliphatic hydroxyl groups is 1. The van der Waals surface area contributed by atoms with Crippen molar-refractivity contribution >= 4 is 22.5 Å². The molecule has 4 heterocycles. The molecule has 1 unspecified atom stereocenters. The van der Waals surface area contributed by atoms with E-state index in [4.69, 9.17) is 14.6 Å². The van der Waals surface area contributed by atoms with E-state index in [0.717, 1.165) is 52.9 Å². The Morgan fingerprint density at radius 3 is 3.06 bits per heavy atom. The van der Waals surface area contributed by atoms with E-state index in [1.807, 2.05) is 36.4 Å². The van der Waals surface area contributed by atoms with Gasteiger partial charge in [0.2, 0.25) is 5.91 Å². The Bertz CT molecular complexity index is 1270. The minimum absolute atomic E-state index is 0.0338. The van der Waals surface area contributed by atoms with Crippen LogP contribution in [0.2, 0.25) is 0 Å². The SMILES string of the molecule is N#Cc1cc(-c2ccnc3[nH]c(C4=CCN(C(=O)CO)C4)cc23)ccc1OC1CCCOC1. The molecule has 0 spiro atoms. The van der Waals surface area contributed by atoms with Gasteiger partial charge in [-0.25, -0.2) is 4.98 Å². The van der Waals surface area contributed by atoms with Crippen molar-refractivity contribution in [1.29, 1.82) is 5.26 Å². The van der Waals surface area contributed by atoms with Crippen LogP contribution in [0.25, 0.3) is 27.7 Å². The predicted molar refractivity (Wildman–Crippen MR) is 122 cm³/mol. The number of hydrogen-bond donors (Lipinski definition) is 2. The molecule has 1 saturated heterocycles. The molecular formula is C25H24N4O4. The zero-order chi connectivity index (χ0) is 22.8. The summed E-state index contributed by atoms with van der Waals surface area (Å²) < 4.78 is 11.5. The van der Waals surface area contributed by atoms with E-state index in [1.54, 1.807) is 11.1 Å². The normalized spacial score (nSPS) is 18.2. The first-order chi connectivity index (χ1) is 16.2. The fourth-order valence-electron chi connectivity index (χ4n) is 4.36. The third-order valence-corrected chi connectivity index (χ3v) is 6.11. The van der Waals surface area contributed by atoms with Gasteiger partial charge in [-0.05, 0) is 53.8 Å². The summed E-state index contributed by atoms with van der Waals surface area (Å²) in [7, 11) is 0. The molecule has 2 N–H and O–H groups in total. The molecule has 3 aromatic rings. The topological polar surface area (TPSA) is 111 Å². The molecule has 1 fully saturated rings. The molecule has 168 valence electrons. The molecular weight excluding hydrogens is 420 g/mol. The number of H-pyrrole nitrogens is 1. The Morgan fingerprint density at radius 2 is 2.27 bits per heavy atom. The molecule has 5 rings (SSSR count).